The van der Waals surface area contributed by atoms with Gasteiger partial charge in [0.2, 0.25) is 0 Å². The molecule has 0 aliphatic heterocycles. The van der Waals surface area contributed by atoms with Gasteiger partial charge in [0, 0.05) is 65.6 Å². The summed E-state index contributed by atoms with van der Waals surface area (Å²) in [6.07, 6.45) is 0. The zero-order valence-corrected chi connectivity index (χ0v) is 6.46. The Morgan fingerprint density at radius 1 is 1.00 bits per heavy atom. The summed E-state index contributed by atoms with van der Waals surface area (Å²) < 4.78 is 0. The van der Waals surface area contributed by atoms with E-state index in [1.807, 2.05) is 0 Å². The van der Waals surface area contributed by atoms with Crippen LogP contribution in [-0.4, -0.2) is 11.0 Å². The van der Waals surface area contributed by atoms with E-state index in [0.717, 1.165) is 0 Å². The van der Waals surface area contributed by atoms with Gasteiger partial charge in [-0.05, 0) is 0 Å². The fraction of sp³-hybridized carbons (Fsp3) is 0. The van der Waals surface area contributed by atoms with Gasteiger partial charge < -0.3 is 0 Å². The third-order valence-corrected chi connectivity index (χ3v) is 0. The van der Waals surface area contributed by atoms with Gasteiger partial charge in [-0.15, -0.1) is 0 Å². The Morgan fingerprint density at radius 2 is 1.00 bits per heavy atom. The Morgan fingerprint density at radius 3 is 1.00 bits per heavy atom. The fourth-order valence-corrected chi connectivity index (χ4v) is 0. The van der Waals surface area contributed by atoms with Crippen LogP contribution < -0.4 is 0 Å². The van der Waals surface area contributed by atoms with Crippen LogP contribution in [0.4, 0.5) is 0 Å². The Balaban J connectivity index is 0. The van der Waals surface area contributed by atoms with E-state index in [0.29, 0.717) is 0 Å². The van der Waals surface area contributed by atoms with Crippen molar-refractivity contribution in [3.05, 3.63) is 0 Å². The van der Waals surface area contributed by atoms with Gasteiger partial charge in [-0.25, -0.2) is 0 Å². The molecule has 4 heteroatoms. The van der Waals surface area contributed by atoms with E-state index < -0.39 is 0 Å². The number of hydrogen-bond acceptors (Lipinski definition) is 0. The molecule has 0 atom stereocenters. The molecule has 0 aromatic carbocycles. The zero-order valence-electron chi connectivity index (χ0n) is 1.53. The maximum absolute atomic E-state index is 0. The van der Waals surface area contributed by atoms with Gasteiger partial charge in [0.05, 0.1) is 0 Å². The van der Waals surface area contributed by atoms with Crippen LogP contribution in [0.5, 0.6) is 0 Å². The van der Waals surface area contributed by atoms with Crippen LogP contribution in [0.2, 0.25) is 0 Å². The minimum Gasteiger partial charge on any atom is 0 e. The fourth-order valence-electron chi connectivity index (χ4n) is 0. The van der Waals surface area contributed by atoms with Crippen molar-refractivity contribution in [3.8, 4) is 0 Å². The largest absolute Gasteiger partial charge is 0 e. The van der Waals surface area contributed by atoms with Crippen molar-refractivity contribution in [2.24, 2.45) is 0 Å². The molecule has 0 aromatic rings. The molecular weight excluding hydrogens is 246 g/mol. The van der Waals surface area contributed by atoms with Crippen LogP contribution in [0.15, 0.2) is 0 Å². The molecule has 0 aliphatic rings. The minimum atomic E-state index is 0. The molecule has 0 spiro atoms. The standard InChI is InChI=1S/Cu.Mo.Ni.Si. The van der Waals surface area contributed by atoms with Crippen molar-refractivity contribution in [2.45, 2.75) is 0 Å². The average Bonchev–Trinajstić information content (AvgIpc) is 0. The molecule has 31 valence electrons. The van der Waals surface area contributed by atoms with Gasteiger partial charge in [-0.3, -0.25) is 0 Å². The van der Waals surface area contributed by atoms with E-state index in [1.165, 1.54) is 0 Å². The minimum absolute atomic E-state index is 0. The number of rotatable bonds is 0. The molecule has 0 saturated heterocycles. The summed E-state index contributed by atoms with van der Waals surface area (Å²) in [4.78, 5) is 0. The molecule has 0 aliphatic carbocycles. The van der Waals surface area contributed by atoms with E-state index in [2.05, 4.69) is 0 Å². The number of hydrogen-bond donors (Lipinski definition) is 0. The second-order valence-corrected chi connectivity index (χ2v) is 0. The normalized spacial score (nSPS) is 0. The Labute approximate surface area is 65.2 Å². The Bertz CT molecular complexity index is 8.00. The molecule has 0 aromatic heterocycles. The Hall–Kier alpha value is 1.92. The van der Waals surface area contributed by atoms with Crippen molar-refractivity contribution < 1.29 is 54.6 Å². The van der Waals surface area contributed by atoms with Crippen molar-refractivity contribution in [3.63, 3.8) is 0 Å². The monoisotopic (exact) mass is 247 g/mol. The summed E-state index contributed by atoms with van der Waals surface area (Å²) in [6.45, 7) is 0. The first-order valence-electron chi connectivity index (χ1n) is 0. The zero-order chi connectivity index (χ0) is 0. The van der Waals surface area contributed by atoms with Crippen LogP contribution >= 0.6 is 0 Å². The predicted octanol–water partition coefficient (Wildman–Crippen LogP) is -0.388. The maximum atomic E-state index is 0. The van der Waals surface area contributed by atoms with Gasteiger partial charge in [-0.2, -0.15) is 0 Å². The first kappa shape index (κ1) is 38.9. The molecule has 0 N–H and O–H groups in total. The molecule has 0 saturated carbocycles. The molecule has 0 rings (SSSR count). The quantitative estimate of drug-likeness (QED) is 0.511. The topological polar surface area (TPSA) is 0 Å². The van der Waals surface area contributed by atoms with Crippen molar-refractivity contribution in [1.29, 1.82) is 0 Å². The van der Waals surface area contributed by atoms with Crippen LogP contribution in [0, 0.1) is 0 Å². The van der Waals surface area contributed by atoms with Crippen molar-refractivity contribution in [2.75, 3.05) is 0 Å². The summed E-state index contributed by atoms with van der Waals surface area (Å²) in [6, 6.07) is 0. The summed E-state index contributed by atoms with van der Waals surface area (Å²) in [7, 11) is 0. The Kier molecular flexibility index (Phi) is 200. The third kappa shape index (κ3) is 9.07. The van der Waals surface area contributed by atoms with E-state index in [4.69, 9.17) is 0 Å². The van der Waals surface area contributed by atoms with Crippen LogP contribution in [-0.2, 0) is 54.6 Å². The van der Waals surface area contributed by atoms with Gasteiger partial charge in [0.25, 0.3) is 0 Å². The molecule has 0 heterocycles. The first-order valence-corrected chi connectivity index (χ1v) is 0. The van der Waals surface area contributed by atoms with E-state index >= 15 is 0 Å². The summed E-state index contributed by atoms with van der Waals surface area (Å²) in [5, 5.41) is 0. The molecule has 0 fully saturated rings. The van der Waals surface area contributed by atoms with Crippen molar-refractivity contribution in [1.82, 2.24) is 0 Å². The van der Waals surface area contributed by atoms with Crippen LogP contribution in [0.3, 0.4) is 0 Å². The summed E-state index contributed by atoms with van der Waals surface area (Å²) in [5.74, 6) is 0. The van der Waals surface area contributed by atoms with Gasteiger partial charge >= 0.3 is 0 Å². The molecule has 0 nitrogen and oxygen atoms in total. The molecule has 4 heavy (non-hydrogen) atoms. The smallest absolute Gasteiger partial charge is 0 e. The molecular formula is CuMoNiSi. The maximum Gasteiger partial charge on any atom is 0 e. The van der Waals surface area contributed by atoms with E-state index in [9.17, 15) is 0 Å². The molecule has 5 radical (unpaired) electrons. The first-order chi connectivity index (χ1) is 0. The van der Waals surface area contributed by atoms with Crippen LogP contribution in [0.25, 0.3) is 0 Å². The molecule has 0 amide bonds. The average molecular weight is 246 g/mol. The van der Waals surface area contributed by atoms with E-state index in [-0.39, 0.29) is 65.6 Å². The molecule has 0 unspecified atom stereocenters. The van der Waals surface area contributed by atoms with E-state index in [1.54, 1.807) is 0 Å². The second-order valence-electron chi connectivity index (χ2n) is 0. The summed E-state index contributed by atoms with van der Waals surface area (Å²) >= 11 is 0. The second kappa shape index (κ2) is 20.5. The van der Waals surface area contributed by atoms with Gasteiger partial charge in [-0.1, -0.05) is 0 Å². The van der Waals surface area contributed by atoms with Crippen molar-refractivity contribution >= 4 is 11.0 Å². The third-order valence-electron chi connectivity index (χ3n) is 0. The van der Waals surface area contributed by atoms with Crippen LogP contribution in [0.1, 0.15) is 0 Å². The summed E-state index contributed by atoms with van der Waals surface area (Å²) in [5.41, 5.74) is 0. The van der Waals surface area contributed by atoms with Gasteiger partial charge in [0.15, 0.2) is 0 Å². The SMILES string of the molecule is [Cu].[Mo].[Ni].[Si]. The van der Waals surface area contributed by atoms with Gasteiger partial charge in [0.1, 0.15) is 0 Å². The molecule has 0 bridgehead atoms. The predicted molar refractivity (Wildman–Crippen MR) is 5.75 cm³/mol.